The molecule has 0 atom stereocenters. The Morgan fingerprint density at radius 2 is 1.64 bits per heavy atom. The average Bonchev–Trinajstić information content (AvgIpc) is 2.74. The van der Waals surface area contributed by atoms with Gasteiger partial charge in [0.25, 0.3) is 0 Å². The third-order valence-corrected chi connectivity index (χ3v) is 6.62. The lowest BCUT2D eigenvalue weighted by Crippen LogP contribution is -2.41. The van der Waals surface area contributed by atoms with Crippen molar-refractivity contribution >= 4 is 21.6 Å². The van der Waals surface area contributed by atoms with E-state index in [1.807, 2.05) is 12.1 Å². The van der Waals surface area contributed by atoms with Crippen molar-refractivity contribution in [3.8, 4) is 12.1 Å². The van der Waals surface area contributed by atoms with Crippen molar-refractivity contribution in [3.63, 3.8) is 0 Å². The van der Waals surface area contributed by atoms with Gasteiger partial charge in [-0.2, -0.15) is 14.8 Å². The molecule has 0 spiro atoms. The smallest absolute Gasteiger partial charge is 0.243 e. The van der Waals surface area contributed by atoms with E-state index in [1.165, 1.54) is 28.6 Å². The maximum Gasteiger partial charge on any atom is 0.243 e. The molecule has 0 unspecified atom stereocenters. The lowest BCUT2D eigenvalue weighted by Gasteiger charge is -2.30. The molecule has 2 aromatic carbocycles. The molecule has 2 aromatic rings. The molecule has 7 nitrogen and oxygen atoms in total. The van der Waals surface area contributed by atoms with Gasteiger partial charge in [-0.3, -0.25) is 4.79 Å². The predicted octanol–water partition coefficient (Wildman–Crippen LogP) is 2.47. The minimum Gasteiger partial charge on any atom is -0.326 e. The fraction of sp³-hybridized carbons (Fsp3) is 0.250. The van der Waals surface area contributed by atoms with Crippen LogP contribution in [0.4, 0.5) is 5.69 Å². The minimum atomic E-state index is -3.65. The van der Waals surface area contributed by atoms with Crippen LogP contribution in [0.3, 0.4) is 0 Å². The Hall–Kier alpha value is -3.20. The molecule has 28 heavy (non-hydrogen) atoms. The van der Waals surface area contributed by atoms with Crippen LogP contribution in [0, 0.1) is 28.6 Å². The molecule has 0 aliphatic carbocycles. The lowest BCUT2D eigenvalue weighted by atomic mass is 9.97. The highest BCUT2D eigenvalue weighted by Crippen LogP contribution is 2.25. The summed E-state index contributed by atoms with van der Waals surface area (Å²) < 4.78 is 26.8. The van der Waals surface area contributed by atoms with Gasteiger partial charge in [0.15, 0.2) is 0 Å². The summed E-state index contributed by atoms with van der Waals surface area (Å²) in [5.41, 5.74) is 1.41. The van der Waals surface area contributed by atoms with Crippen molar-refractivity contribution < 1.29 is 13.2 Å². The first kappa shape index (κ1) is 19.6. The van der Waals surface area contributed by atoms with Gasteiger partial charge in [-0.1, -0.05) is 6.07 Å². The van der Waals surface area contributed by atoms with Gasteiger partial charge in [0.05, 0.1) is 28.2 Å². The number of carbonyl (C=O) groups excluding carboxylic acids is 1. The summed E-state index contributed by atoms with van der Waals surface area (Å²) in [4.78, 5) is 12.6. The summed E-state index contributed by atoms with van der Waals surface area (Å²) in [6.07, 6.45) is 0.832. The van der Waals surface area contributed by atoms with Crippen molar-refractivity contribution in [2.24, 2.45) is 5.92 Å². The monoisotopic (exact) mass is 394 g/mol. The summed E-state index contributed by atoms with van der Waals surface area (Å²) in [5, 5.41) is 20.6. The quantitative estimate of drug-likeness (QED) is 0.855. The maximum atomic E-state index is 12.7. The molecule has 0 saturated carbocycles. The molecule has 8 heteroatoms. The normalized spacial score (nSPS) is 15.4. The number of nitriles is 2. The predicted molar refractivity (Wildman–Crippen MR) is 102 cm³/mol. The Morgan fingerprint density at radius 1 is 1.00 bits per heavy atom. The Kier molecular flexibility index (Phi) is 5.74. The number of hydrogen-bond donors (Lipinski definition) is 1. The van der Waals surface area contributed by atoms with E-state index in [4.69, 9.17) is 10.5 Å². The number of piperidine rings is 1. The number of benzene rings is 2. The first-order valence-electron chi connectivity index (χ1n) is 8.75. The molecule has 3 rings (SSSR count). The van der Waals surface area contributed by atoms with Gasteiger partial charge in [-0.25, -0.2) is 8.42 Å². The van der Waals surface area contributed by atoms with Crippen molar-refractivity contribution in [3.05, 3.63) is 59.7 Å². The van der Waals surface area contributed by atoms with Crippen molar-refractivity contribution in [1.29, 1.82) is 10.5 Å². The van der Waals surface area contributed by atoms with Gasteiger partial charge in [-0.05, 0) is 55.3 Å². The van der Waals surface area contributed by atoms with Crippen molar-refractivity contribution in [2.45, 2.75) is 17.7 Å². The Balaban J connectivity index is 1.62. The summed E-state index contributed by atoms with van der Waals surface area (Å²) in [7, 11) is -3.65. The van der Waals surface area contributed by atoms with Gasteiger partial charge >= 0.3 is 0 Å². The number of nitrogens with zero attached hydrogens (tertiary/aromatic N) is 3. The van der Waals surface area contributed by atoms with E-state index in [-0.39, 0.29) is 29.8 Å². The van der Waals surface area contributed by atoms with E-state index >= 15 is 0 Å². The van der Waals surface area contributed by atoms with Crippen LogP contribution in [0.15, 0.2) is 53.4 Å². The standard InChI is InChI=1S/C20H18N4O3S/c21-13-15-4-6-19(7-5-15)28(26,27)24-10-8-17(9-11-24)20(25)23-18-3-1-2-16(12-18)14-22/h1-7,12,17H,8-11H2,(H,23,25). The molecule has 0 bridgehead atoms. The first-order chi connectivity index (χ1) is 13.4. The van der Waals surface area contributed by atoms with Gasteiger partial charge in [0.1, 0.15) is 0 Å². The fourth-order valence-corrected chi connectivity index (χ4v) is 4.59. The van der Waals surface area contributed by atoms with Crippen LogP contribution in [-0.2, 0) is 14.8 Å². The third kappa shape index (κ3) is 4.20. The highest BCUT2D eigenvalue weighted by Gasteiger charge is 2.32. The van der Waals surface area contributed by atoms with Gasteiger partial charge in [-0.15, -0.1) is 0 Å². The number of amides is 1. The number of rotatable bonds is 4. The summed E-state index contributed by atoms with van der Waals surface area (Å²) in [5.74, 6) is -0.469. The molecule has 1 aliphatic rings. The van der Waals surface area contributed by atoms with E-state index in [2.05, 4.69) is 5.32 Å². The van der Waals surface area contributed by atoms with Gasteiger partial charge in [0, 0.05) is 24.7 Å². The second-order valence-electron chi connectivity index (χ2n) is 6.50. The number of nitrogens with one attached hydrogen (secondary N) is 1. The summed E-state index contributed by atoms with van der Waals surface area (Å²) in [6.45, 7) is 0.497. The molecule has 1 amide bonds. The van der Waals surface area contributed by atoms with E-state index in [1.54, 1.807) is 24.3 Å². The lowest BCUT2D eigenvalue weighted by molar-refractivity contribution is -0.120. The van der Waals surface area contributed by atoms with Crippen molar-refractivity contribution in [2.75, 3.05) is 18.4 Å². The van der Waals surface area contributed by atoms with Crippen LogP contribution in [-0.4, -0.2) is 31.7 Å². The summed E-state index contributed by atoms with van der Waals surface area (Å²) >= 11 is 0. The molecule has 1 N–H and O–H groups in total. The van der Waals surface area contributed by atoms with Crippen LogP contribution in [0.1, 0.15) is 24.0 Å². The number of anilines is 1. The van der Waals surface area contributed by atoms with Crippen LogP contribution in [0.5, 0.6) is 0 Å². The average molecular weight is 394 g/mol. The zero-order valence-electron chi connectivity index (χ0n) is 15.0. The number of sulfonamides is 1. The minimum absolute atomic E-state index is 0.141. The number of carbonyl (C=O) groups is 1. The van der Waals surface area contributed by atoms with Crippen LogP contribution < -0.4 is 5.32 Å². The maximum absolute atomic E-state index is 12.7. The van der Waals surface area contributed by atoms with E-state index in [0.29, 0.717) is 29.7 Å². The van der Waals surface area contributed by atoms with E-state index < -0.39 is 10.0 Å². The molecule has 1 heterocycles. The Labute approximate surface area is 163 Å². The second-order valence-corrected chi connectivity index (χ2v) is 8.43. The molecule has 1 saturated heterocycles. The molecule has 0 aromatic heterocycles. The van der Waals surface area contributed by atoms with Crippen molar-refractivity contribution in [1.82, 2.24) is 4.31 Å². The first-order valence-corrected chi connectivity index (χ1v) is 10.2. The van der Waals surface area contributed by atoms with Crippen LogP contribution in [0.2, 0.25) is 0 Å². The zero-order valence-corrected chi connectivity index (χ0v) is 15.8. The van der Waals surface area contributed by atoms with E-state index in [0.717, 1.165) is 0 Å². The molecule has 1 aliphatic heterocycles. The molecular formula is C20H18N4O3S. The van der Waals surface area contributed by atoms with Gasteiger partial charge < -0.3 is 5.32 Å². The molecular weight excluding hydrogens is 376 g/mol. The molecule has 0 radical (unpaired) electrons. The highest BCUT2D eigenvalue weighted by atomic mass is 32.2. The topological polar surface area (TPSA) is 114 Å². The Bertz CT molecular complexity index is 1060. The van der Waals surface area contributed by atoms with Gasteiger partial charge in [0.2, 0.25) is 15.9 Å². The third-order valence-electron chi connectivity index (χ3n) is 4.71. The van der Waals surface area contributed by atoms with Crippen LogP contribution in [0.25, 0.3) is 0 Å². The highest BCUT2D eigenvalue weighted by molar-refractivity contribution is 7.89. The SMILES string of the molecule is N#Cc1ccc(S(=O)(=O)N2CCC(C(=O)Nc3cccc(C#N)c3)CC2)cc1. The largest absolute Gasteiger partial charge is 0.326 e. The number of hydrogen-bond acceptors (Lipinski definition) is 5. The Morgan fingerprint density at radius 3 is 2.25 bits per heavy atom. The second kappa shape index (κ2) is 8.22. The molecule has 142 valence electrons. The van der Waals surface area contributed by atoms with Crippen LogP contribution >= 0.6 is 0 Å². The summed E-state index contributed by atoms with van der Waals surface area (Å²) in [6, 6.07) is 16.4. The molecule has 1 fully saturated rings. The fourth-order valence-electron chi connectivity index (χ4n) is 3.12. The zero-order chi connectivity index (χ0) is 20.1. The van der Waals surface area contributed by atoms with E-state index in [9.17, 15) is 13.2 Å².